The molecule has 0 aromatic heterocycles. The summed E-state index contributed by atoms with van der Waals surface area (Å²) in [6, 6.07) is 9.03. The maximum atomic E-state index is 11.1. The molecular formula is C36H54N2O2. The van der Waals surface area contributed by atoms with Gasteiger partial charge in [0.15, 0.2) is 0 Å². The molecule has 0 radical (unpaired) electrons. The third-order valence-electron chi connectivity index (χ3n) is 7.82. The molecule has 2 aromatic rings. The summed E-state index contributed by atoms with van der Waals surface area (Å²) in [4.78, 5) is 9.85. The second kappa shape index (κ2) is 12.9. The van der Waals surface area contributed by atoms with Crippen LogP contribution in [0.1, 0.15) is 128 Å². The van der Waals surface area contributed by atoms with Gasteiger partial charge in [0.2, 0.25) is 0 Å². The predicted molar refractivity (Wildman–Crippen MR) is 172 cm³/mol. The second-order valence-corrected chi connectivity index (χ2v) is 14.9. The quantitative estimate of drug-likeness (QED) is 0.325. The van der Waals surface area contributed by atoms with Gasteiger partial charge < -0.3 is 10.2 Å². The van der Waals surface area contributed by atoms with Crippen LogP contribution >= 0.6 is 0 Å². The molecule has 4 heteroatoms. The molecule has 1 fully saturated rings. The zero-order valence-corrected chi connectivity index (χ0v) is 26.8. The molecule has 0 amide bonds. The average Bonchev–Trinajstić information content (AvgIpc) is 2.82. The molecule has 0 bridgehead atoms. The first-order valence-corrected chi connectivity index (χ1v) is 15.3. The van der Waals surface area contributed by atoms with Gasteiger partial charge in [-0.1, -0.05) is 81.4 Å². The predicted octanol–water partition coefficient (Wildman–Crippen LogP) is 8.94. The molecule has 1 saturated carbocycles. The lowest BCUT2D eigenvalue weighted by Crippen LogP contribution is -2.20. The van der Waals surface area contributed by atoms with Crippen LogP contribution in [0.2, 0.25) is 0 Å². The fourth-order valence-corrected chi connectivity index (χ4v) is 5.68. The Morgan fingerprint density at radius 1 is 0.650 bits per heavy atom. The van der Waals surface area contributed by atoms with Crippen molar-refractivity contribution < 1.29 is 10.2 Å². The van der Waals surface area contributed by atoms with Gasteiger partial charge in [-0.3, -0.25) is 9.98 Å². The van der Waals surface area contributed by atoms with Crippen LogP contribution in [0.3, 0.4) is 0 Å². The number of nitrogens with zero attached hydrogens (tertiary/aromatic N) is 2. The minimum Gasteiger partial charge on any atom is -0.507 e. The van der Waals surface area contributed by atoms with Gasteiger partial charge >= 0.3 is 0 Å². The van der Waals surface area contributed by atoms with Crippen molar-refractivity contribution in [2.75, 3.05) is 0 Å². The molecule has 0 unspecified atom stereocenters. The number of benzene rings is 2. The van der Waals surface area contributed by atoms with E-state index in [9.17, 15) is 10.2 Å². The Labute approximate surface area is 244 Å². The molecule has 0 aliphatic heterocycles. The number of phenols is 2. The highest BCUT2D eigenvalue weighted by Gasteiger charge is 2.24. The van der Waals surface area contributed by atoms with E-state index in [1.807, 2.05) is 12.4 Å². The molecule has 3 rings (SSSR count). The number of phenolic OH excluding ortho intramolecular Hbond substituents is 2. The maximum Gasteiger partial charge on any atom is 0.128 e. The summed E-state index contributed by atoms with van der Waals surface area (Å²) >= 11 is 0. The van der Waals surface area contributed by atoms with Crippen molar-refractivity contribution in [2.24, 2.45) is 21.8 Å². The molecule has 0 saturated heterocycles. The summed E-state index contributed by atoms with van der Waals surface area (Å²) in [6.07, 6.45) is 9.67. The first-order valence-electron chi connectivity index (χ1n) is 15.3. The van der Waals surface area contributed by atoms with Crippen molar-refractivity contribution in [1.29, 1.82) is 0 Å². The molecular weight excluding hydrogens is 492 g/mol. The molecule has 2 aromatic carbocycles. The molecule has 0 atom stereocenters. The molecule has 4 nitrogen and oxygen atoms in total. The van der Waals surface area contributed by atoms with Crippen molar-refractivity contribution in [3.05, 3.63) is 57.6 Å². The Morgan fingerprint density at radius 3 is 1.25 bits per heavy atom. The minimum atomic E-state index is -0.133. The van der Waals surface area contributed by atoms with Crippen LogP contribution in [-0.4, -0.2) is 34.7 Å². The molecule has 2 N–H and O–H groups in total. The van der Waals surface area contributed by atoms with Gasteiger partial charge in [-0.05, 0) is 84.5 Å². The van der Waals surface area contributed by atoms with Gasteiger partial charge in [0, 0.05) is 34.7 Å². The Balaban J connectivity index is 1.72. The molecule has 0 heterocycles. The molecule has 40 heavy (non-hydrogen) atoms. The van der Waals surface area contributed by atoms with Crippen LogP contribution in [0.25, 0.3) is 0 Å². The summed E-state index contributed by atoms with van der Waals surface area (Å²) in [7, 11) is 0. The van der Waals surface area contributed by atoms with Gasteiger partial charge in [0.1, 0.15) is 11.5 Å². The van der Waals surface area contributed by atoms with Crippen LogP contribution in [0.15, 0.2) is 34.3 Å². The largest absolute Gasteiger partial charge is 0.507 e. The van der Waals surface area contributed by atoms with E-state index in [-0.39, 0.29) is 22.9 Å². The van der Waals surface area contributed by atoms with E-state index >= 15 is 0 Å². The van der Waals surface area contributed by atoms with Gasteiger partial charge in [-0.2, -0.15) is 0 Å². The normalized spacial score (nSPS) is 19.0. The Kier molecular flexibility index (Phi) is 10.3. The zero-order chi connectivity index (χ0) is 29.8. The van der Waals surface area contributed by atoms with Crippen LogP contribution in [0.5, 0.6) is 11.5 Å². The van der Waals surface area contributed by atoms with Crippen LogP contribution < -0.4 is 0 Å². The highest BCUT2D eigenvalue weighted by atomic mass is 16.3. The number of aromatic hydroxyl groups is 2. The Hall–Kier alpha value is -2.62. The van der Waals surface area contributed by atoms with E-state index in [1.54, 1.807) is 0 Å². The van der Waals surface area contributed by atoms with E-state index in [0.29, 0.717) is 23.3 Å². The standard InChI is InChI=1S/C36H54N2O2/c1-23(2)15-25-17-27(33(39)31(19-25)35(5,6)7)21-37-29-11-13-30(14-12-29)38-22-28-18-26(16-24(3)4)20-32(34(28)40)36(8,9)10/h17-24,29-30,39-40H,11-16H2,1-10H3. The highest BCUT2D eigenvalue weighted by molar-refractivity contribution is 5.85. The van der Waals surface area contributed by atoms with E-state index in [0.717, 1.165) is 60.8 Å². The van der Waals surface area contributed by atoms with E-state index in [2.05, 4.69) is 93.5 Å². The monoisotopic (exact) mass is 546 g/mol. The van der Waals surface area contributed by atoms with Crippen molar-refractivity contribution in [2.45, 2.75) is 131 Å². The topological polar surface area (TPSA) is 65.2 Å². The fourth-order valence-electron chi connectivity index (χ4n) is 5.68. The van der Waals surface area contributed by atoms with E-state index in [1.165, 1.54) is 11.1 Å². The molecule has 1 aliphatic carbocycles. The van der Waals surface area contributed by atoms with Crippen molar-refractivity contribution >= 4 is 12.4 Å². The summed E-state index contributed by atoms with van der Waals surface area (Å²) in [6.45, 7) is 21.8. The maximum absolute atomic E-state index is 11.1. The van der Waals surface area contributed by atoms with Gasteiger partial charge in [0.25, 0.3) is 0 Å². The third-order valence-corrected chi connectivity index (χ3v) is 7.82. The lowest BCUT2D eigenvalue weighted by Gasteiger charge is -2.25. The van der Waals surface area contributed by atoms with Crippen molar-refractivity contribution in [1.82, 2.24) is 0 Å². The van der Waals surface area contributed by atoms with Crippen molar-refractivity contribution in [3.63, 3.8) is 0 Å². The Bertz CT molecular complexity index is 1110. The fraction of sp³-hybridized carbons (Fsp3) is 0.611. The molecule has 0 spiro atoms. The first-order chi connectivity index (χ1) is 18.5. The Morgan fingerprint density at radius 2 is 0.975 bits per heavy atom. The second-order valence-electron chi connectivity index (χ2n) is 14.9. The van der Waals surface area contributed by atoms with E-state index < -0.39 is 0 Å². The lowest BCUT2D eigenvalue weighted by molar-refractivity contribution is 0.399. The zero-order valence-electron chi connectivity index (χ0n) is 26.8. The number of aliphatic imine (C=N–C) groups is 2. The minimum absolute atomic E-state index is 0.133. The molecule has 220 valence electrons. The summed E-state index contributed by atoms with van der Waals surface area (Å²) in [5.41, 5.74) is 5.88. The third kappa shape index (κ3) is 8.69. The smallest absolute Gasteiger partial charge is 0.128 e. The first kappa shape index (κ1) is 31.9. The number of rotatable bonds is 8. The molecule has 1 aliphatic rings. The van der Waals surface area contributed by atoms with Gasteiger partial charge in [0.05, 0.1) is 12.1 Å². The number of hydrogen-bond donors (Lipinski definition) is 2. The van der Waals surface area contributed by atoms with Crippen LogP contribution in [-0.2, 0) is 23.7 Å². The number of hydrogen-bond acceptors (Lipinski definition) is 4. The summed E-state index contributed by atoms with van der Waals surface area (Å²) in [5, 5.41) is 22.1. The summed E-state index contributed by atoms with van der Waals surface area (Å²) < 4.78 is 0. The highest BCUT2D eigenvalue weighted by Crippen LogP contribution is 2.36. The lowest BCUT2D eigenvalue weighted by atomic mass is 9.83. The summed E-state index contributed by atoms with van der Waals surface area (Å²) in [5.74, 6) is 1.82. The van der Waals surface area contributed by atoms with Crippen LogP contribution in [0.4, 0.5) is 0 Å². The van der Waals surface area contributed by atoms with Crippen molar-refractivity contribution in [3.8, 4) is 11.5 Å². The van der Waals surface area contributed by atoms with E-state index in [4.69, 9.17) is 9.98 Å². The average molecular weight is 547 g/mol. The van der Waals surface area contributed by atoms with Gasteiger partial charge in [-0.25, -0.2) is 0 Å². The van der Waals surface area contributed by atoms with Gasteiger partial charge in [-0.15, -0.1) is 0 Å². The van der Waals surface area contributed by atoms with Crippen LogP contribution in [0, 0.1) is 11.8 Å². The SMILES string of the molecule is CC(C)Cc1cc(C=NC2CCC(N=Cc3cc(CC(C)C)cc(C(C)(C)C)c3O)CC2)c(O)c(C(C)(C)C)c1.